The second kappa shape index (κ2) is 4.36. The second-order valence-electron chi connectivity index (χ2n) is 5.64. The fourth-order valence-electron chi connectivity index (χ4n) is 2.87. The number of nitrogens with zero attached hydrogens (tertiary/aromatic N) is 3. The molecule has 20 heavy (non-hydrogen) atoms. The number of fused-ring (bicyclic) bond motifs is 1. The van der Waals surface area contributed by atoms with Gasteiger partial charge < -0.3 is 0 Å². The number of halogens is 2. The monoisotopic (exact) mass is 275 g/mol. The Bertz CT molecular complexity index is 621. The molecule has 0 bridgehead atoms. The topological polar surface area (TPSA) is 30.7 Å². The van der Waals surface area contributed by atoms with Gasteiger partial charge in [0, 0.05) is 6.42 Å². The molecule has 0 spiro atoms. The van der Waals surface area contributed by atoms with Gasteiger partial charge in [0.05, 0.1) is 6.04 Å². The highest BCUT2D eigenvalue weighted by molar-refractivity contribution is 5.23. The third-order valence-electron chi connectivity index (χ3n) is 4.15. The van der Waals surface area contributed by atoms with E-state index in [4.69, 9.17) is 0 Å². The lowest BCUT2D eigenvalue weighted by atomic mass is 10.0. The number of hydrogen-bond donors (Lipinski definition) is 0. The fourth-order valence-corrected chi connectivity index (χ4v) is 2.87. The Morgan fingerprint density at radius 1 is 1.20 bits per heavy atom. The normalized spacial score (nSPS) is 26.5. The number of rotatable bonds is 3. The molecule has 0 N–H and O–H groups in total. The number of aromatic nitrogens is 3. The molecule has 1 aliphatic heterocycles. The standard InChI is InChI=1S/C15H15F2N3/c16-11-8-12(9-4-2-1-3-5-9)20-15(11)18-14(19-20)13(17)10-6-7-10/h1-5,10-13H,6-8H2/t11-,12-,13?/m0/s1. The van der Waals surface area contributed by atoms with Crippen molar-refractivity contribution in [1.29, 1.82) is 0 Å². The van der Waals surface area contributed by atoms with Gasteiger partial charge in [0.2, 0.25) is 0 Å². The van der Waals surface area contributed by atoms with Crippen LogP contribution in [-0.2, 0) is 0 Å². The molecule has 2 aromatic rings. The van der Waals surface area contributed by atoms with Crippen molar-refractivity contribution >= 4 is 0 Å². The Morgan fingerprint density at radius 3 is 2.65 bits per heavy atom. The SMILES string of the molecule is FC(c1nc2n(n1)[C@H](c1ccccc1)C[C@@H]2F)C1CC1. The minimum Gasteiger partial charge on any atom is -0.239 e. The van der Waals surface area contributed by atoms with E-state index in [0.29, 0.717) is 6.42 Å². The first-order chi connectivity index (χ1) is 9.74. The summed E-state index contributed by atoms with van der Waals surface area (Å²) < 4.78 is 29.7. The summed E-state index contributed by atoms with van der Waals surface area (Å²) in [6.45, 7) is 0. The largest absolute Gasteiger partial charge is 0.239 e. The zero-order valence-electron chi connectivity index (χ0n) is 10.9. The molecule has 2 aliphatic rings. The van der Waals surface area contributed by atoms with Gasteiger partial charge in [-0.15, -0.1) is 0 Å². The lowest BCUT2D eigenvalue weighted by molar-refractivity contribution is 0.283. The predicted molar refractivity (Wildman–Crippen MR) is 69.6 cm³/mol. The number of hydrogen-bond acceptors (Lipinski definition) is 2. The number of benzene rings is 1. The van der Waals surface area contributed by atoms with Crippen molar-refractivity contribution in [2.24, 2.45) is 5.92 Å². The van der Waals surface area contributed by atoms with Crippen molar-refractivity contribution < 1.29 is 8.78 Å². The molecule has 3 atom stereocenters. The summed E-state index contributed by atoms with van der Waals surface area (Å²) in [5.41, 5.74) is 0.993. The van der Waals surface area contributed by atoms with E-state index in [1.807, 2.05) is 30.3 Å². The van der Waals surface area contributed by atoms with Gasteiger partial charge in [-0.1, -0.05) is 30.3 Å². The minimum atomic E-state index is -1.16. The molecule has 0 radical (unpaired) electrons. The maximum absolute atomic E-state index is 14.1. The Kier molecular flexibility index (Phi) is 2.62. The molecule has 1 aromatic carbocycles. The average molecular weight is 275 g/mol. The van der Waals surface area contributed by atoms with Gasteiger partial charge in [-0.2, -0.15) is 5.10 Å². The molecule has 0 amide bonds. The van der Waals surface area contributed by atoms with E-state index in [1.54, 1.807) is 4.68 Å². The van der Waals surface area contributed by atoms with Crippen LogP contribution in [0, 0.1) is 5.92 Å². The van der Waals surface area contributed by atoms with Crippen LogP contribution in [0.2, 0.25) is 0 Å². The van der Waals surface area contributed by atoms with Crippen LogP contribution >= 0.6 is 0 Å². The van der Waals surface area contributed by atoms with Gasteiger partial charge in [-0.25, -0.2) is 18.4 Å². The van der Waals surface area contributed by atoms with E-state index in [1.165, 1.54) is 0 Å². The Hall–Kier alpha value is -1.78. The first-order valence-electron chi connectivity index (χ1n) is 7.03. The van der Waals surface area contributed by atoms with E-state index in [-0.39, 0.29) is 23.6 Å². The van der Waals surface area contributed by atoms with Crippen LogP contribution in [0.25, 0.3) is 0 Å². The molecule has 104 valence electrons. The Morgan fingerprint density at radius 2 is 1.95 bits per heavy atom. The molecule has 1 aromatic heterocycles. The van der Waals surface area contributed by atoms with Crippen molar-refractivity contribution in [2.75, 3.05) is 0 Å². The predicted octanol–water partition coefficient (Wildman–Crippen LogP) is 3.70. The highest BCUT2D eigenvalue weighted by atomic mass is 19.1. The molecule has 1 saturated carbocycles. The molecule has 1 fully saturated rings. The molecule has 3 nitrogen and oxygen atoms in total. The number of alkyl halides is 2. The third-order valence-corrected chi connectivity index (χ3v) is 4.15. The highest BCUT2D eigenvalue weighted by Gasteiger charge is 2.40. The molecule has 2 heterocycles. The molecule has 5 heteroatoms. The third kappa shape index (κ3) is 1.84. The van der Waals surface area contributed by atoms with Crippen molar-refractivity contribution in [2.45, 2.75) is 37.6 Å². The van der Waals surface area contributed by atoms with Crippen molar-refractivity contribution in [1.82, 2.24) is 14.8 Å². The molecular formula is C15H15F2N3. The Labute approximate surface area is 115 Å². The van der Waals surface area contributed by atoms with Crippen molar-refractivity contribution in [3.05, 3.63) is 47.5 Å². The smallest absolute Gasteiger partial charge is 0.185 e. The molecule has 1 unspecified atom stereocenters. The van der Waals surface area contributed by atoms with Gasteiger partial charge in [-0.05, 0) is 24.3 Å². The van der Waals surface area contributed by atoms with Crippen LogP contribution in [0.4, 0.5) is 8.78 Å². The summed E-state index contributed by atoms with van der Waals surface area (Å²) in [5, 5.41) is 4.25. The summed E-state index contributed by atoms with van der Waals surface area (Å²) in [5.74, 6) is 0.467. The van der Waals surface area contributed by atoms with Gasteiger partial charge in [-0.3, -0.25) is 0 Å². The van der Waals surface area contributed by atoms with Crippen LogP contribution < -0.4 is 0 Å². The second-order valence-corrected chi connectivity index (χ2v) is 5.64. The van der Waals surface area contributed by atoms with Gasteiger partial charge in [0.15, 0.2) is 24.0 Å². The van der Waals surface area contributed by atoms with Crippen LogP contribution in [0.3, 0.4) is 0 Å². The summed E-state index contributed by atoms with van der Waals surface area (Å²) in [7, 11) is 0. The van der Waals surface area contributed by atoms with Crippen molar-refractivity contribution in [3.8, 4) is 0 Å². The lowest BCUT2D eigenvalue weighted by Crippen LogP contribution is -2.08. The molecule has 1 aliphatic carbocycles. The van der Waals surface area contributed by atoms with Crippen LogP contribution in [0.15, 0.2) is 30.3 Å². The van der Waals surface area contributed by atoms with Gasteiger partial charge in [0.1, 0.15) is 0 Å². The van der Waals surface area contributed by atoms with E-state index in [9.17, 15) is 8.78 Å². The quantitative estimate of drug-likeness (QED) is 0.855. The summed E-state index contributed by atoms with van der Waals surface area (Å²) >= 11 is 0. The molecule has 4 rings (SSSR count). The minimum absolute atomic E-state index is 0.0337. The first kappa shape index (κ1) is 12.0. The maximum atomic E-state index is 14.1. The zero-order chi connectivity index (χ0) is 13.7. The summed E-state index contributed by atoms with van der Waals surface area (Å²) in [6, 6.07) is 9.47. The van der Waals surface area contributed by atoms with Crippen molar-refractivity contribution in [3.63, 3.8) is 0 Å². The van der Waals surface area contributed by atoms with Gasteiger partial charge in [0.25, 0.3) is 0 Å². The molecular weight excluding hydrogens is 260 g/mol. The fraction of sp³-hybridized carbons (Fsp3) is 0.467. The van der Waals surface area contributed by atoms with Crippen LogP contribution in [0.1, 0.15) is 54.9 Å². The highest BCUT2D eigenvalue weighted by Crippen LogP contribution is 2.45. The average Bonchev–Trinajstić information content (AvgIpc) is 3.15. The summed E-state index contributed by atoms with van der Waals surface area (Å²) in [4.78, 5) is 4.11. The van der Waals surface area contributed by atoms with Crippen LogP contribution in [0.5, 0.6) is 0 Å². The van der Waals surface area contributed by atoms with E-state index >= 15 is 0 Å². The maximum Gasteiger partial charge on any atom is 0.185 e. The molecule has 0 saturated heterocycles. The first-order valence-corrected chi connectivity index (χ1v) is 7.03. The van der Waals surface area contributed by atoms with E-state index in [0.717, 1.165) is 18.4 Å². The van der Waals surface area contributed by atoms with E-state index in [2.05, 4.69) is 10.1 Å². The summed E-state index contributed by atoms with van der Waals surface area (Å²) in [6.07, 6.45) is -0.206. The van der Waals surface area contributed by atoms with E-state index < -0.39 is 12.3 Å². The van der Waals surface area contributed by atoms with Crippen LogP contribution in [-0.4, -0.2) is 14.8 Å². The van der Waals surface area contributed by atoms with Gasteiger partial charge >= 0.3 is 0 Å². The Balaban J connectivity index is 1.71. The lowest BCUT2D eigenvalue weighted by Gasteiger charge is -2.11. The zero-order valence-corrected chi connectivity index (χ0v) is 10.9.